The lowest BCUT2D eigenvalue weighted by atomic mass is 10.3. The van der Waals surface area contributed by atoms with Crippen LogP contribution in [-0.2, 0) is 6.54 Å². The van der Waals surface area contributed by atoms with Crippen LogP contribution in [0.3, 0.4) is 0 Å². The minimum atomic E-state index is -0.503. The van der Waals surface area contributed by atoms with Crippen molar-refractivity contribution >= 4 is 38.3 Å². The number of amides is 1. The number of nitrogens with zero attached hydrogens (tertiary/aromatic N) is 4. The minimum Gasteiger partial charge on any atom is -0.494 e. The molecule has 3 aromatic rings. The second kappa shape index (κ2) is 6.24. The van der Waals surface area contributed by atoms with Crippen LogP contribution in [0.5, 0.6) is 5.75 Å². The fourth-order valence-electron chi connectivity index (χ4n) is 2.12. The van der Waals surface area contributed by atoms with Crippen molar-refractivity contribution in [3.8, 4) is 5.75 Å². The lowest BCUT2D eigenvalue weighted by molar-refractivity contribution is -0.384. The van der Waals surface area contributed by atoms with Crippen LogP contribution >= 0.6 is 11.3 Å². The Labute approximate surface area is 140 Å². The number of methoxy groups -OCH3 is 1. The van der Waals surface area contributed by atoms with Gasteiger partial charge in [0.2, 0.25) is 0 Å². The van der Waals surface area contributed by atoms with Gasteiger partial charge in [0.25, 0.3) is 11.6 Å². The topological polar surface area (TPSA) is 112 Å². The zero-order valence-corrected chi connectivity index (χ0v) is 13.7. The third kappa shape index (κ3) is 2.91. The van der Waals surface area contributed by atoms with Gasteiger partial charge in [0.05, 0.1) is 22.8 Å². The Morgan fingerprint density at radius 2 is 2.29 bits per heavy atom. The molecule has 1 amide bonds. The Balaban J connectivity index is 1.92. The largest absolute Gasteiger partial charge is 0.494 e. The molecule has 0 unspecified atom stereocenters. The molecule has 0 bridgehead atoms. The summed E-state index contributed by atoms with van der Waals surface area (Å²) in [5.74, 6) is -0.110. The highest BCUT2D eigenvalue weighted by atomic mass is 32.1. The number of aryl methyl sites for hydroxylation is 1. The molecule has 3 rings (SSSR count). The summed E-state index contributed by atoms with van der Waals surface area (Å²) in [6, 6.07) is 4.31. The van der Waals surface area contributed by atoms with Crippen LogP contribution in [0, 0.1) is 10.1 Å². The maximum Gasteiger partial charge on any atom is 0.277 e. The molecule has 0 saturated heterocycles. The first-order valence-electron chi connectivity index (χ1n) is 6.99. The third-order valence-electron chi connectivity index (χ3n) is 3.29. The molecule has 0 aliphatic carbocycles. The Morgan fingerprint density at radius 3 is 2.92 bits per heavy atom. The summed E-state index contributed by atoms with van der Waals surface area (Å²) in [5.41, 5.74) is 0.638. The monoisotopic (exact) mass is 347 g/mol. The van der Waals surface area contributed by atoms with Crippen molar-refractivity contribution in [3.63, 3.8) is 0 Å². The number of fused-ring (bicyclic) bond motifs is 1. The number of hydrogen-bond acceptors (Lipinski definition) is 7. The zero-order chi connectivity index (χ0) is 17.3. The number of carbonyl (C=O) groups excluding carboxylic acids is 1. The van der Waals surface area contributed by atoms with Gasteiger partial charge in [-0.15, -0.1) is 0 Å². The summed E-state index contributed by atoms with van der Waals surface area (Å²) in [7, 11) is 1.41. The number of aromatic nitrogens is 3. The number of carbonyl (C=O) groups is 1. The van der Waals surface area contributed by atoms with Gasteiger partial charge < -0.3 is 4.74 Å². The summed E-state index contributed by atoms with van der Waals surface area (Å²) in [6.45, 7) is 2.58. The molecule has 0 aliphatic rings. The first-order chi connectivity index (χ1) is 11.5. The second-order valence-electron chi connectivity index (χ2n) is 4.78. The van der Waals surface area contributed by atoms with Gasteiger partial charge in [0.15, 0.2) is 16.6 Å². The summed E-state index contributed by atoms with van der Waals surface area (Å²) < 4.78 is 7.34. The van der Waals surface area contributed by atoms with E-state index < -0.39 is 10.8 Å². The molecule has 124 valence electrons. The molecular formula is C14H13N5O4S. The third-order valence-corrected chi connectivity index (χ3v) is 4.21. The smallest absolute Gasteiger partial charge is 0.277 e. The number of ether oxygens (including phenoxy) is 1. The fraction of sp³-hybridized carbons (Fsp3) is 0.214. The molecule has 2 aromatic heterocycles. The minimum absolute atomic E-state index is 0.0948. The van der Waals surface area contributed by atoms with E-state index >= 15 is 0 Å². The molecule has 24 heavy (non-hydrogen) atoms. The number of nitro benzene ring substituents is 1. The summed E-state index contributed by atoms with van der Waals surface area (Å²) in [4.78, 5) is 26.9. The van der Waals surface area contributed by atoms with Crippen molar-refractivity contribution in [1.82, 2.24) is 14.8 Å². The maximum absolute atomic E-state index is 12.2. The van der Waals surface area contributed by atoms with E-state index in [1.54, 1.807) is 16.9 Å². The van der Waals surface area contributed by atoms with Gasteiger partial charge in [-0.05, 0) is 13.0 Å². The molecule has 0 spiro atoms. The standard InChI is InChI=1S/C14H13N5O4S/c1-3-18-5-4-9(17-18)13(20)16-14-15-12-10(23-2)6-8(19(21)22)7-11(12)24-14/h4-7H,3H2,1-2H3,(H,15,16,20). The van der Waals surface area contributed by atoms with Crippen molar-refractivity contribution in [2.45, 2.75) is 13.5 Å². The van der Waals surface area contributed by atoms with Crippen LogP contribution in [0.2, 0.25) is 0 Å². The first-order valence-corrected chi connectivity index (χ1v) is 7.81. The number of anilines is 1. The van der Waals surface area contributed by atoms with E-state index in [0.29, 0.717) is 21.9 Å². The van der Waals surface area contributed by atoms with E-state index in [0.717, 1.165) is 11.3 Å². The van der Waals surface area contributed by atoms with Crippen molar-refractivity contribution in [1.29, 1.82) is 0 Å². The SMILES string of the molecule is CCn1ccc(C(=O)Nc2nc3c(OC)cc([N+](=O)[O-])cc3s2)n1. The molecule has 0 atom stereocenters. The number of non-ortho nitro benzene ring substituents is 1. The number of hydrogen-bond donors (Lipinski definition) is 1. The van der Waals surface area contributed by atoms with E-state index in [1.165, 1.54) is 19.2 Å². The van der Waals surface area contributed by atoms with E-state index in [1.807, 2.05) is 6.92 Å². The number of nitro groups is 1. The molecule has 0 radical (unpaired) electrons. The molecule has 10 heteroatoms. The van der Waals surface area contributed by atoms with Crippen LogP contribution < -0.4 is 10.1 Å². The second-order valence-corrected chi connectivity index (χ2v) is 5.81. The Kier molecular flexibility index (Phi) is 4.13. The van der Waals surface area contributed by atoms with Crippen LogP contribution in [0.1, 0.15) is 17.4 Å². The highest BCUT2D eigenvalue weighted by Crippen LogP contribution is 2.36. The lowest BCUT2D eigenvalue weighted by Gasteiger charge is -2.00. The van der Waals surface area contributed by atoms with Crippen molar-refractivity contribution in [2.75, 3.05) is 12.4 Å². The molecule has 0 fully saturated rings. The van der Waals surface area contributed by atoms with Crippen molar-refractivity contribution in [3.05, 3.63) is 40.2 Å². The highest BCUT2D eigenvalue weighted by molar-refractivity contribution is 7.22. The van der Waals surface area contributed by atoms with Gasteiger partial charge in [-0.2, -0.15) is 5.10 Å². The molecule has 1 N–H and O–H groups in total. The van der Waals surface area contributed by atoms with Gasteiger partial charge in [-0.25, -0.2) is 4.98 Å². The average Bonchev–Trinajstić information content (AvgIpc) is 3.19. The average molecular weight is 347 g/mol. The fourth-order valence-corrected chi connectivity index (χ4v) is 3.03. The highest BCUT2D eigenvalue weighted by Gasteiger charge is 2.18. The molecule has 0 saturated carbocycles. The van der Waals surface area contributed by atoms with Crippen LogP contribution in [0.15, 0.2) is 24.4 Å². The van der Waals surface area contributed by atoms with E-state index in [9.17, 15) is 14.9 Å². The van der Waals surface area contributed by atoms with E-state index in [4.69, 9.17) is 4.74 Å². The Hall–Kier alpha value is -3.01. The molecule has 2 heterocycles. The summed E-state index contributed by atoms with van der Waals surface area (Å²) in [5, 5.41) is 18.1. The van der Waals surface area contributed by atoms with Crippen LogP contribution in [-0.4, -0.2) is 32.7 Å². The molecular weight excluding hydrogens is 334 g/mol. The number of rotatable bonds is 5. The van der Waals surface area contributed by atoms with E-state index in [2.05, 4.69) is 15.4 Å². The predicted octanol–water partition coefficient (Wildman–Crippen LogP) is 2.68. The van der Waals surface area contributed by atoms with Gasteiger partial charge in [-0.3, -0.25) is 24.9 Å². The normalized spacial score (nSPS) is 10.8. The van der Waals surface area contributed by atoms with Crippen molar-refractivity contribution in [2.24, 2.45) is 0 Å². The Morgan fingerprint density at radius 1 is 1.50 bits per heavy atom. The number of benzene rings is 1. The first kappa shape index (κ1) is 15.9. The molecule has 9 nitrogen and oxygen atoms in total. The van der Waals surface area contributed by atoms with Gasteiger partial charge in [0, 0.05) is 18.8 Å². The number of thiazole rings is 1. The Bertz CT molecular complexity index is 933. The molecule has 0 aliphatic heterocycles. The molecule has 1 aromatic carbocycles. The summed E-state index contributed by atoms with van der Waals surface area (Å²) >= 11 is 1.13. The summed E-state index contributed by atoms with van der Waals surface area (Å²) in [6.07, 6.45) is 1.71. The van der Waals surface area contributed by atoms with E-state index in [-0.39, 0.29) is 17.1 Å². The quantitative estimate of drug-likeness (QED) is 0.561. The van der Waals surface area contributed by atoms with Gasteiger partial charge in [0.1, 0.15) is 5.52 Å². The maximum atomic E-state index is 12.2. The van der Waals surface area contributed by atoms with Crippen LogP contribution in [0.4, 0.5) is 10.8 Å². The lowest BCUT2D eigenvalue weighted by Crippen LogP contribution is -2.13. The van der Waals surface area contributed by atoms with Crippen LogP contribution in [0.25, 0.3) is 10.2 Å². The van der Waals surface area contributed by atoms with Gasteiger partial charge in [-0.1, -0.05) is 11.3 Å². The van der Waals surface area contributed by atoms with Gasteiger partial charge >= 0.3 is 0 Å². The zero-order valence-electron chi connectivity index (χ0n) is 12.8. The predicted molar refractivity (Wildman–Crippen MR) is 88.7 cm³/mol. The van der Waals surface area contributed by atoms with Crippen molar-refractivity contribution < 1.29 is 14.5 Å². The number of nitrogens with one attached hydrogen (secondary N) is 1.